The summed E-state index contributed by atoms with van der Waals surface area (Å²) < 4.78 is 6.79. The first-order valence-electron chi connectivity index (χ1n) is 5.88. The average Bonchev–Trinajstić information content (AvgIpc) is 2.81. The van der Waals surface area contributed by atoms with Crippen LogP contribution in [0.4, 0.5) is 0 Å². The van der Waals surface area contributed by atoms with E-state index < -0.39 is 6.10 Å². The Labute approximate surface area is 115 Å². The number of rotatable bonds is 3. The second-order valence-electron chi connectivity index (χ2n) is 4.25. The van der Waals surface area contributed by atoms with Gasteiger partial charge in [-0.3, -0.25) is 4.79 Å². The zero-order chi connectivity index (χ0) is 12.3. The number of benzene rings is 1. The molecule has 4 heteroatoms. The molecule has 2 rings (SSSR count). The van der Waals surface area contributed by atoms with Gasteiger partial charge in [0, 0.05) is 16.7 Å². The number of hydrogen-bond donors (Lipinski definition) is 0. The molecule has 1 aromatic rings. The fourth-order valence-electron chi connectivity index (χ4n) is 1.99. The Balaban J connectivity index is 1.96. The van der Waals surface area contributed by atoms with Gasteiger partial charge >= 0.3 is 0 Å². The van der Waals surface area contributed by atoms with E-state index in [1.165, 1.54) is 0 Å². The van der Waals surface area contributed by atoms with Crippen LogP contribution in [-0.4, -0.2) is 30.0 Å². The van der Waals surface area contributed by atoms with Crippen molar-refractivity contribution in [2.75, 3.05) is 13.1 Å². The second kappa shape index (κ2) is 5.71. The molecular weight excluding hydrogens is 329 g/mol. The van der Waals surface area contributed by atoms with Crippen LogP contribution in [0.15, 0.2) is 24.3 Å². The highest BCUT2D eigenvalue weighted by Crippen LogP contribution is 2.18. The third-order valence-electron chi connectivity index (χ3n) is 2.87. The van der Waals surface area contributed by atoms with Gasteiger partial charge in [-0.1, -0.05) is 6.07 Å². The van der Waals surface area contributed by atoms with Gasteiger partial charge in [0.1, 0.15) is 5.75 Å². The van der Waals surface area contributed by atoms with E-state index in [1.54, 1.807) is 0 Å². The summed E-state index contributed by atoms with van der Waals surface area (Å²) in [6, 6.07) is 7.76. The first kappa shape index (κ1) is 12.7. The molecule has 0 N–H and O–H groups in total. The number of hydrogen-bond acceptors (Lipinski definition) is 2. The van der Waals surface area contributed by atoms with Crippen molar-refractivity contribution < 1.29 is 9.53 Å². The molecule has 17 heavy (non-hydrogen) atoms. The maximum atomic E-state index is 12.0. The molecule has 92 valence electrons. The van der Waals surface area contributed by atoms with Crippen LogP contribution in [0.5, 0.6) is 5.75 Å². The van der Waals surface area contributed by atoms with Crippen molar-refractivity contribution in [2.24, 2.45) is 0 Å². The van der Waals surface area contributed by atoms with Crippen LogP contribution in [0.2, 0.25) is 0 Å². The van der Waals surface area contributed by atoms with Gasteiger partial charge < -0.3 is 9.64 Å². The van der Waals surface area contributed by atoms with Crippen LogP contribution in [0.1, 0.15) is 19.8 Å². The highest BCUT2D eigenvalue weighted by atomic mass is 127. The minimum atomic E-state index is -0.397. The van der Waals surface area contributed by atoms with Crippen molar-refractivity contribution in [3.8, 4) is 5.75 Å². The second-order valence-corrected chi connectivity index (χ2v) is 5.50. The highest BCUT2D eigenvalue weighted by Gasteiger charge is 2.24. The molecule has 0 bridgehead atoms. The van der Waals surface area contributed by atoms with E-state index in [4.69, 9.17) is 4.74 Å². The molecule has 1 aliphatic heterocycles. The molecule has 1 unspecified atom stereocenters. The number of ether oxygens (including phenoxy) is 1. The van der Waals surface area contributed by atoms with Gasteiger partial charge in [-0.25, -0.2) is 0 Å². The van der Waals surface area contributed by atoms with Gasteiger partial charge in [0.25, 0.3) is 5.91 Å². The number of carbonyl (C=O) groups excluding carboxylic acids is 1. The first-order valence-corrected chi connectivity index (χ1v) is 6.96. The molecule has 0 aliphatic carbocycles. The minimum Gasteiger partial charge on any atom is -0.481 e. The third-order valence-corrected chi connectivity index (χ3v) is 3.55. The molecular formula is C13H16INO2. The normalized spacial score (nSPS) is 16.9. The summed E-state index contributed by atoms with van der Waals surface area (Å²) in [7, 11) is 0. The summed E-state index contributed by atoms with van der Waals surface area (Å²) in [5, 5.41) is 0. The highest BCUT2D eigenvalue weighted by molar-refractivity contribution is 14.1. The Hall–Kier alpha value is -0.780. The molecule has 1 aromatic carbocycles. The molecule has 1 amide bonds. The molecule has 0 spiro atoms. The van der Waals surface area contributed by atoms with E-state index in [0.717, 1.165) is 35.3 Å². The summed E-state index contributed by atoms with van der Waals surface area (Å²) >= 11 is 2.23. The van der Waals surface area contributed by atoms with E-state index in [9.17, 15) is 4.79 Å². The first-order chi connectivity index (χ1) is 8.16. The fourth-order valence-corrected chi connectivity index (χ4v) is 2.50. The Morgan fingerprint density at radius 1 is 1.41 bits per heavy atom. The fraction of sp³-hybridized carbons (Fsp3) is 0.462. The Morgan fingerprint density at radius 3 is 2.76 bits per heavy atom. The molecule has 1 aliphatic rings. The maximum absolute atomic E-state index is 12.0. The van der Waals surface area contributed by atoms with Crippen molar-refractivity contribution in [1.82, 2.24) is 4.90 Å². The van der Waals surface area contributed by atoms with Gasteiger partial charge in [-0.2, -0.15) is 0 Å². The van der Waals surface area contributed by atoms with E-state index in [-0.39, 0.29) is 5.91 Å². The topological polar surface area (TPSA) is 29.5 Å². The molecule has 1 heterocycles. The van der Waals surface area contributed by atoms with Crippen LogP contribution in [-0.2, 0) is 4.79 Å². The summed E-state index contributed by atoms with van der Waals surface area (Å²) in [6.07, 6.45) is 1.83. The van der Waals surface area contributed by atoms with Crippen molar-refractivity contribution in [3.63, 3.8) is 0 Å². The minimum absolute atomic E-state index is 0.0985. The lowest BCUT2D eigenvalue weighted by Crippen LogP contribution is -2.38. The van der Waals surface area contributed by atoms with E-state index >= 15 is 0 Å². The number of halogens is 1. The monoisotopic (exact) mass is 345 g/mol. The molecule has 3 nitrogen and oxygen atoms in total. The zero-order valence-electron chi connectivity index (χ0n) is 9.86. The molecule has 1 saturated heterocycles. The van der Waals surface area contributed by atoms with Gasteiger partial charge in [0.15, 0.2) is 6.10 Å². The number of carbonyl (C=O) groups is 1. The standard InChI is InChI=1S/C13H16INO2/c1-10(13(16)15-7-2-3-8-15)17-12-6-4-5-11(14)9-12/h4-6,9-10H,2-3,7-8H2,1H3. The average molecular weight is 345 g/mol. The number of nitrogens with zero attached hydrogens (tertiary/aromatic N) is 1. The van der Waals surface area contributed by atoms with Crippen LogP contribution in [0, 0.1) is 3.57 Å². The molecule has 0 radical (unpaired) electrons. The zero-order valence-corrected chi connectivity index (χ0v) is 12.0. The predicted molar refractivity (Wildman–Crippen MR) is 75.1 cm³/mol. The lowest BCUT2D eigenvalue weighted by molar-refractivity contribution is -0.136. The summed E-state index contributed by atoms with van der Waals surface area (Å²) in [6.45, 7) is 3.57. The van der Waals surface area contributed by atoms with Crippen LogP contribution < -0.4 is 4.74 Å². The predicted octanol–water partition coefficient (Wildman–Crippen LogP) is 2.68. The van der Waals surface area contributed by atoms with Crippen LogP contribution >= 0.6 is 22.6 Å². The van der Waals surface area contributed by atoms with Crippen molar-refractivity contribution in [2.45, 2.75) is 25.9 Å². The number of likely N-dealkylation sites (tertiary alicyclic amines) is 1. The van der Waals surface area contributed by atoms with E-state index in [0.29, 0.717) is 0 Å². The Kier molecular flexibility index (Phi) is 4.25. The van der Waals surface area contributed by atoms with E-state index in [2.05, 4.69) is 22.6 Å². The Morgan fingerprint density at radius 2 is 2.12 bits per heavy atom. The number of amides is 1. The van der Waals surface area contributed by atoms with Crippen LogP contribution in [0.3, 0.4) is 0 Å². The summed E-state index contributed by atoms with van der Waals surface area (Å²) in [5.74, 6) is 0.860. The Bertz CT molecular complexity index is 402. The molecule has 1 fully saturated rings. The SMILES string of the molecule is CC(Oc1cccc(I)c1)C(=O)N1CCCC1. The van der Waals surface area contributed by atoms with Gasteiger partial charge in [0.05, 0.1) is 0 Å². The largest absolute Gasteiger partial charge is 0.481 e. The molecule has 0 aromatic heterocycles. The quantitative estimate of drug-likeness (QED) is 0.789. The van der Waals surface area contributed by atoms with E-state index in [1.807, 2.05) is 36.1 Å². The maximum Gasteiger partial charge on any atom is 0.263 e. The van der Waals surface area contributed by atoms with Gasteiger partial charge in [-0.15, -0.1) is 0 Å². The smallest absolute Gasteiger partial charge is 0.263 e. The summed E-state index contributed by atoms with van der Waals surface area (Å²) in [5.41, 5.74) is 0. The van der Waals surface area contributed by atoms with Crippen LogP contribution in [0.25, 0.3) is 0 Å². The third kappa shape index (κ3) is 3.34. The van der Waals surface area contributed by atoms with Crippen molar-refractivity contribution in [3.05, 3.63) is 27.8 Å². The van der Waals surface area contributed by atoms with Crippen molar-refractivity contribution in [1.29, 1.82) is 0 Å². The molecule has 1 atom stereocenters. The van der Waals surface area contributed by atoms with Gasteiger partial charge in [0.2, 0.25) is 0 Å². The lowest BCUT2D eigenvalue weighted by Gasteiger charge is -2.21. The van der Waals surface area contributed by atoms with Gasteiger partial charge in [-0.05, 0) is 60.6 Å². The summed E-state index contributed by atoms with van der Waals surface area (Å²) in [4.78, 5) is 13.9. The van der Waals surface area contributed by atoms with Crippen molar-refractivity contribution >= 4 is 28.5 Å². The lowest BCUT2D eigenvalue weighted by atomic mass is 10.3. The molecule has 0 saturated carbocycles.